The number of hydrogen-bond donors (Lipinski definition) is 0. The highest BCUT2D eigenvalue weighted by Gasteiger charge is 2.41. The molecular weight excluding hydrogens is 751 g/mol. The minimum absolute atomic E-state index is 0.164. The Morgan fingerprint density at radius 2 is 0.839 bits per heavy atom. The standard InChI is InChI=1S/C59H45N3/c1-58(2)45-30-16-14-27-42(45)54-47(58)32-19-35-50(54)61(51-36-20-33-48-55(51)43-28-15-17-31-46(43)59(48,3)4)49-34-18-29-41-44(49)37-52(38-21-8-5-9-22-38)62-57(41)53(39-23-10-6-11-24-39)56(60-62)40-25-12-7-13-26-40/h5-37H,1-4H3. The van der Waals surface area contributed by atoms with Crippen LogP contribution in [0.1, 0.15) is 49.9 Å². The molecule has 0 fully saturated rings. The lowest BCUT2D eigenvalue weighted by molar-refractivity contribution is 0.660. The summed E-state index contributed by atoms with van der Waals surface area (Å²) in [7, 11) is 0. The molecule has 10 aromatic rings. The lowest BCUT2D eigenvalue weighted by Gasteiger charge is -2.32. The molecule has 0 N–H and O–H groups in total. The Bertz CT molecular complexity index is 3290. The first-order chi connectivity index (χ1) is 30.3. The fourth-order valence-corrected chi connectivity index (χ4v) is 10.9. The van der Waals surface area contributed by atoms with E-state index in [9.17, 15) is 0 Å². The van der Waals surface area contributed by atoms with Gasteiger partial charge < -0.3 is 4.90 Å². The van der Waals surface area contributed by atoms with Crippen LogP contribution in [0.25, 0.3) is 72.2 Å². The zero-order chi connectivity index (χ0) is 41.7. The van der Waals surface area contributed by atoms with Crippen molar-refractivity contribution in [2.45, 2.75) is 38.5 Å². The first-order valence-electron chi connectivity index (χ1n) is 21.7. The number of rotatable bonds is 6. The SMILES string of the molecule is CC1(C)c2ccccc2-c2c(N(c3cccc4c3-c3ccccc3C4(C)C)c3cccc4c3cc(-c3ccccc3)n3nc(-c5ccccc5)c(-c5ccccc5)c43)cccc21. The molecule has 2 aliphatic rings. The summed E-state index contributed by atoms with van der Waals surface area (Å²) in [6.45, 7) is 9.50. The van der Waals surface area contributed by atoms with Gasteiger partial charge in [0.1, 0.15) is 5.69 Å². The number of benzene rings is 8. The molecule has 3 heteroatoms. The predicted molar refractivity (Wildman–Crippen MR) is 259 cm³/mol. The van der Waals surface area contributed by atoms with Crippen molar-refractivity contribution in [1.82, 2.24) is 9.61 Å². The monoisotopic (exact) mass is 795 g/mol. The number of nitrogens with zero attached hydrogens (tertiary/aromatic N) is 3. The van der Waals surface area contributed by atoms with Crippen LogP contribution < -0.4 is 4.90 Å². The van der Waals surface area contributed by atoms with Crippen molar-refractivity contribution in [2.75, 3.05) is 4.90 Å². The van der Waals surface area contributed by atoms with Crippen LogP contribution >= 0.6 is 0 Å². The first-order valence-corrected chi connectivity index (χ1v) is 21.7. The Labute approximate surface area is 363 Å². The highest BCUT2D eigenvalue weighted by Crippen LogP contribution is 2.59. The Hall–Kier alpha value is -7.49. The highest BCUT2D eigenvalue weighted by atomic mass is 15.2. The second-order valence-corrected chi connectivity index (χ2v) is 17.9. The van der Waals surface area contributed by atoms with Gasteiger partial charge in [-0.1, -0.05) is 204 Å². The quantitative estimate of drug-likeness (QED) is 0.167. The molecular formula is C59H45N3. The van der Waals surface area contributed by atoms with E-state index in [1.165, 1.54) is 55.9 Å². The van der Waals surface area contributed by atoms with Crippen molar-refractivity contribution in [1.29, 1.82) is 0 Å². The van der Waals surface area contributed by atoms with Crippen molar-refractivity contribution in [3.63, 3.8) is 0 Å². The van der Waals surface area contributed by atoms with E-state index in [0.717, 1.165) is 55.6 Å². The largest absolute Gasteiger partial charge is 0.309 e. The molecule has 0 unspecified atom stereocenters. The summed E-state index contributed by atoms with van der Waals surface area (Å²) in [6, 6.07) is 73.4. The van der Waals surface area contributed by atoms with Crippen molar-refractivity contribution < 1.29 is 0 Å². The van der Waals surface area contributed by atoms with E-state index in [0.29, 0.717) is 0 Å². The number of pyridine rings is 1. The second-order valence-electron chi connectivity index (χ2n) is 17.9. The van der Waals surface area contributed by atoms with Gasteiger partial charge in [-0.25, -0.2) is 4.52 Å². The first kappa shape index (κ1) is 36.4. The minimum Gasteiger partial charge on any atom is -0.309 e. The molecule has 0 amide bonds. The molecule has 3 nitrogen and oxygen atoms in total. The molecule has 0 bridgehead atoms. The maximum absolute atomic E-state index is 5.56. The van der Waals surface area contributed by atoms with Crippen molar-refractivity contribution >= 4 is 33.4 Å². The van der Waals surface area contributed by atoms with E-state index in [4.69, 9.17) is 5.10 Å². The van der Waals surface area contributed by atoms with E-state index in [1.54, 1.807) is 0 Å². The van der Waals surface area contributed by atoms with Gasteiger partial charge in [-0.3, -0.25) is 0 Å². The zero-order valence-corrected chi connectivity index (χ0v) is 35.4. The van der Waals surface area contributed by atoms with Crippen LogP contribution in [0.15, 0.2) is 200 Å². The van der Waals surface area contributed by atoms with Gasteiger partial charge in [0.25, 0.3) is 0 Å². The minimum atomic E-state index is -0.164. The number of anilines is 3. The maximum atomic E-state index is 5.56. The van der Waals surface area contributed by atoms with E-state index in [-0.39, 0.29) is 10.8 Å². The third kappa shape index (κ3) is 5.15. The number of fused-ring (bicyclic) bond motifs is 9. The van der Waals surface area contributed by atoms with E-state index < -0.39 is 0 Å². The van der Waals surface area contributed by atoms with Gasteiger partial charge in [-0.2, -0.15) is 5.10 Å². The Kier molecular flexibility index (Phi) is 7.92. The molecule has 0 radical (unpaired) electrons. The van der Waals surface area contributed by atoms with Gasteiger partial charge in [-0.15, -0.1) is 0 Å². The summed E-state index contributed by atoms with van der Waals surface area (Å²) in [4.78, 5) is 2.60. The summed E-state index contributed by atoms with van der Waals surface area (Å²) >= 11 is 0. The summed E-state index contributed by atoms with van der Waals surface area (Å²) in [5.41, 5.74) is 21.2. The molecule has 62 heavy (non-hydrogen) atoms. The van der Waals surface area contributed by atoms with Crippen molar-refractivity contribution in [3.05, 3.63) is 222 Å². The summed E-state index contributed by atoms with van der Waals surface area (Å²) < 4.78 is 2.20. The highest BCUT2D eigenvalue weighted by molar-refractivity contribution is 6.14. The molecule has 0 saturated carbocycles. The average molecular weight is 796 g/mol. The Morgan fingerprint density at radius 3 is 1.40 bits per heavy atom. The van der Waals surface area contributed by atoms with Crippen LogP contribution in [0.5, 0.6) is 0 Å². The summed E-state index contributed by atoms with van der Waals surface area (Å²) in [6.07, 6.45) is 0. The smallest absolute Gasteiger partial charge is 0.101 e. The molecule has 2 aliphatic carbocycles. The molecule has 12 rings (SSSR count). The fraction of sp³-hybridized carbons (Fsp3) is 0.102. The Morgan fingerprint density at radius 1 is 0.387 bits per heavy atom. The third-order valence-electron chi connectivity index (χ3n) is 13.8. The van der Waals surface area contributed by atoms with Crippen LogP contribution in [0.2, 0.25) is 0 Å². The Balaban J connectivity index is 1.25. The van der Waals surface area contributed by atoms with Crippen LogP contribution in [0.4, 0.5) is 17.1 Å². The van der Waals surface area contributed by atoms with Gasteiger partial charge in [0.05, 0.1) is 28.3 Å². The summed E-state index contributed by atoms with van der Waals surface area (Å²) in [5, 5.41) is 7.85. The fourth-order valence-electron chi connectivity index (χ4n) is 10.9. The number of aromatic nitrogens is 2. The predicted octanol–water partition coefficient (Wildman–Crippen LogP) is 15.6. The third-order valence-corrected chi connectivity index (χ3v) is 13.8. The molecule has 0 atom stereocenters. The van der Waals surface area contributed by atoms with E-state index in [1.807, 2.05) is 0 Å². The molecule has 0 aliphatic heterocycles. The molecule has 8 aromatic carbocycles. The van der Waals surface area contributed by atoms with Crippen molar-refractivity contribution in [3.8, 4) is 55.9 Å². The number of hydrogen-bond acceptors (Lipinski definition) is 2. The molecule has 296 valence electrons. The lowest BCUT2D eigenvalue weighted by Crippen LogP contribution is -2.17. The normalized spacial score (nSPS) is 14.1. The van der Waals surface area contributed by atoms with E-state index >= 15 is 0 Å². The average Bonchev–Trinajstić information content (AvgIpc) is 3.92. The lowest BCUT2D eigenvalue weighted by atomic mass is 9.82. The van der Waals surface area contributed by atoms with Gasteiger partial charge in [0.2, 0.25) is 0 Å². The molecule has 0 saturated heterocycles. The van der Waals surface area contributed by atoms with Crippen LogP contribution in [-0.2, 0) is 10.8 Å². The van der Waals surface area contributed by atoms with Gasteiger partial charge >= 0.3 is 0 Å². The molecule has 2 aromatic heterocycles. The van der Waals surface area contributed by atoms with Crippen LogP contribution in [0, 0.1) is 0 Å². The summed E-state index contributed by atoms with van der Waals surface area (Å²) in [5.74, 6) is 0. The second kappa shape index (κ2) is 13.5. The maximum Gasteiger partial charge on any atom is 0.101 e. The molecule has 0 spiro atoms. The van der Waals surface area contributed by atoms with Gasteiger partial charge in [-0.05, 0) is 63.2 Å². The van der Waals surface area contributed by atoms with Gasteiger partial charge in [0.15, 0.2) is 0 Å². The topological polar surface area (TPSA) is 20.5 Å². The zero-order valence-electron chi connectivity index (χ0n) is 35.4. The van der Waals surface area contributed by atoms with Gasteiger partial charge in [0, 0.05) is 49.4 Å². The van der Waals surface area contributed by atoms with Crippen LogP contribution in [-0.4, -0.2) is 9.61 Å². The van der Waals surface area contributed by atoms with Crippen molar-refractivity contribution in [2.24, 2.45) is 0 Å². The van der Waals surface area contributed by atoms with E-state index in [2.05, 4.69) is 237 Å². The van der Waals surface area contributed by atoms with Crippen LogP contribution in [0.3, 0.4) is 0 Å². The molecule has 2 heterocycles.